The molecule has 0 amide bonds. The normalized spacial score (nSPS) is 10.8. The van der Waals surface area contributed by atoms with Crippen molar-refractivity contribution in [2.45, 2.75) is 33.4 Å². The molecular weight excluding hydrogens is 272 g/mol. The zero-order chi connectivity index (χ0) is 14.7. The summed E-state index contributed by atoms with van der Waals surface area (Å²) in [5.74, 6) is 0.985. The van der Waals surface area contributed by atoms with Crippen molar-refractivity contribution in [1.82, 2.24) is 9.78 Å². The van der Waals surface area contributed by atoms with Crippen LogP contribution in [-0.2, 0) is 13.1 Å². The van der Waals surface area contributed by atoms with Gasteiger partial charge in [-0.3, -0.25) is 0 Å². The number of nitrogens with two attached hydrogens (primary N) is 1. The molecule has 1 aromatic heterocycles. The molecule has 5 heteroatoms. The van der Waals surface area contributed by atoms with Crippen LogP contribution in [0.25, 0.3) is 0 Å². The molecule has 0 fully saturated rings. The van der Waals surface area contributed by atoms with E-state index in [9.17, 15) is 0 Å². The molecule has 108 valence electrons. The van der Waals surface area contributed by atoms with Crippen LogP contribution in [0.4, 0.5) is 11.5 Å². The third kappa shape index (κ3) is 3.07. The number of benzene rings is 1. The molecule has 20 heavy (non-hydrogen) atoms. The number of anilines is 2. The number of nitrogen functional groups attached to an aromatic ring is 1. The van der Waals surface area contributed by atoms with Crippen LogP contribution < -0.4 is 10.6 Å². The van der Waals surface area contributed by atoms with E-state index in [4.69, 9.17) is 17.3 Å². The molecule has 2 rings (SSSR count). The van der Waals surface area contributed by atoms with Crippen LogP contribution in [-0.4, -0.2) is 16.8 Å². The molecule has 2 aromatic rings. The quantitative estimate of drug-likeness (QED) is 0.918. The first-order valence-electron chi connectivity index (χ1n) is 6.81. The van der Waals surface area contributed by atoms with Crippen molar-refractivity contribution in [3.8, 4) is 0 Å². The van der Waals surface area contributed by atoms with E-state index in [0.29, 0.717) is 0 Å². The number of aromatic nitrogens is 2. The molecule has 0 saturated carbocycles. The minimum Gasteiger partial charge on any atom is -0.394 e. The third-order valence-electron chi connectivity index (χ3n) is 3.28. The van der Waals surface area contributed by atoms with Crippen molar-refractivity contribution in [2.24, 2.45) is 0 Å². The summed E-state index contributed by atoms with van der Waals surface area (Å²) in [4.78, 5) is 2.13. The molecule has 0 aliphatic carbocycles. The summed E-state index contributed by atoms with van der Waals surface area (Å²) in [6, 6.07) is 7.87. The van der Waals surface area contributed by atoms with Crippen LogP contribution >= 0.6 is 11.6 Å². The molecule has 1 heterocycles. The zero-order valence-corrected chi connectivity index (χ0v) is 13.0. The van der Waals surface area contributed by atoms with Crippen molar-refractivity contribution in [3.63, 3.8) is 0 Å². The number of hydrogen-bond donors (Lipinski definition) is 1. The van der Waals surface area contributed by atoms with Gasteiger partial charge < -0.3 is 10.6 Å². The number of hydrogen-bond acceptors (Lipinski definition) is 3. The molecule has 0 aliphatic rings. The lowest BCUT2D eigenvalue weighted by molar-refractivity contribution is 0.591. The van der Waals surface area contributed by atoms with Crippen LogP contribution in [0.2, 0.25) is 5.02 Å². The van der Waals surface area contributed by atoms with Gasteiger partial charge in [0.15, 0.2) is 5.82 Å². The second-order valence-corrected chi connectivity index (χ2v) is 5.46. The van der Waals surface area contributed by atoms with Gasteiger partial charge in [-0.25, -0.2) is 4.68 Å². The van der Waals surface area contributed by atoms with E-state index in [-0.39, 0.29) is 0 Å². The standard InChI is InChI=1S/C15H21ClN4/c1-4-9-20-15(14(17)11(2)18-20)19(3)10-12-5-7-13(16)8-6-12/h5-8H,4,9-10,17H2,1-3H3. The van der Waals surface area contributed by atoms with Crippen molar-refractivity contribution in [3.05, 3.63) is 40.5 Å². The monoisotopic (exact) mass is 292 g/mol. The molecule has 4 nitrogen and oxygen atoms in total. The number of halogens is 1. The van der Waals surface area contributed by atoms with E-state index >= 15 is 0 Å². The molecule has 0 bridgehead atoms. The van der Waals surface area contributed by atoms with Gasteiger partial charge in [-0.2, -0.15) is 5.10 Å². The van der Waals surface area contributed by atoms with E-state index in [2.05, 4.69) is 16.9 Å². The predicted octanol–water partition coefficient (Wildman–Crippen LogP) is 3.47. The van der Waals surface area contributed by atoms with Crippen LogP contribution in [0.3, 0.4) is 0 Å². The van der Waals surface area contributed by atoms with E-state index in [0.717, 1.165) is 41.7 Å². The summed E-state index contributed by atoms with van der Waals surface area (Å²) >= 11 is 5.91. The van der Waals surface area contributed by atoms with Crippen LogP contribution in [0.1, 0.15) is 24.6 Å². The van der Waals surface area contributed by atoms with Gasteiger partial charge in [0.1, 0.15) is 0 Å². The average molecular weight is 293 g/mol. The first-order valence-corrected chi connectivity index (χ1v) is 7.19. The third-order valence-corrected chi connectivity index (χ3v) is 3.53. The summed E-state index contributed by atoms with van der Waals surface area (Å²) in [5, 5.41) is 5.26. The fraction of sp³-hybridized carbons (Fsp3) is 0.400. The summed E-state index contributed by atoms with van der Waals surface area (Å²) in [7, 11) is 2.04. The fourth-order valence-corrected chi connectivity index (χ4v) is 2.42. The molecule has 0 aliphatic heterocycles. The maximum atomic E-state index is 6.17. The maximum absolute atomic E-state index is 6.17. The van der Waals surface area contributed by atoms with Crippen molar-refractivity contribution < 1.29 is 0 Å². The molecule has 1 aromatic carbocycles. The Labute approximate surface area is 125 Å². The maximum Gasteiger partial charge on any atom is 0.150 e. The Hall–Kier alpha value is -1.68. The number of aryl methyl sites for hydroxylation is 2. The van der Waals surface area contributed by atoms with Crippen molar-refractivity contribution in [2.75, 3.05) is 17.7 Å². The SMILES string of the molecule is CCCn1nc(C)c(N)c1N(C)Cc1ccc(Cl)cc1. The van der Waals surface area contributed by atoms with E-state index < -0.39 is 0 Å². The molecule has 0 unspecified atom stereocenters. The molecule has 2 N–H and O–H groups in total. The second kappa shape index (κ2) is 6.18. The Kier molecular flexibility index (Phi) is 4.55. The van der Waals surface area contributed by atoms with Gasteiger partial charge in [-0.05, 0) is 31.0 Å². The lowest BCUT2D eigenvalue weighted by atomic mass is 10.2. The number of rotatable bonds is 5. The second-order valence-electron chi connectivity index (χ2n) is 5.03. The van der Waals surface area contributed by atoms with Gasteiger partial charge >= 0.3 is 0 Å². The smallest absolute Gasteiger partial charge is 0.150 e. The van der Waals surface area contributed by atoms with Gasteiger partial charge in [0.2, 0.25) is 0 Å². The minimum atomic E-state index is 0.753. The minimum absolute atomic E-state index is 0.753. The highest BCUT2D eigenvalue weighted by atomic mass is 35.5. The van der Waals surface area contributed by atoms with E-state index in [1.165, 1.54) is 5.56 Å². The largest absolute Gasteiger partial charge is 0.394 e. The van der Waals surface area contributed by atoms with E-state index in [1.54, 1.807) is 0 Å². The predicted molar refractivity (Wildman–Crippen MR) is 85.2 cm³/mol. The van der Waals surface area contributed by atoms with Crippen LogP contribution in [0.5, 0.6) is 0 Å². The van der Waals surface area contributed by atoms with Crippen LogP contribution in [0, 0.1) is 6.92 Å². The van der Waals surface area contributed by atoms with Gasteiger partial charge in [-0.1, -0.05) is 30.7 Å². The van der Waals surface area contributed by atoms with Crippen molar-refractivity contribution >= 4 is 23.1 Å². The summed E-state index contributed by atoms with van der Waals surface area (Å²) in [6.07, 6.45) is 1.03. The lowest BCUT2D eigenvalue weighted by Gasteiger charge is -2.21. The average Bonchev–Trinajstić information content (AvgIpc) is 2.68. The summed E-state index contributed by atoms with van der Waals surface area (Å²) in [6.45, 7) is 5.73. The highest BCUT2D eigenvalue weighted by Crippen LogP contribution is 2.27. The molecule has 0 radical (unpaired) electrons. The molecular formula is C15H21ClN4. The zero-order valence-electron chi connectivity index (χ0n) is 12.2. The van der Waals surface area contributed by atoms with Gasteiger partial charge in [0.05, 0.1) is 11.4 Å². The summed E-state index contributed by atoms with van der Waals surface area (Å²) < 4.78 is 1.99. The first kappa shape index (κ1) is 14.7. The van der Waals surface area contributed by atoms with Crippen molar-refractivity contribution in [1.29, 1.82) is 0 Å². The highest BCUT2D eigenvalue weighted by Gasteiger charge is 2.16. The Morgan fingerprint density at radius 2 is 1.95 bits per heavy atom. The Morgan fingerprint density at radius 1 is 1.30 bits per heavy atom. The van der Waals surface area contributed by atoms with Crippen LogP contribution in [0.15, 0.2) is 24.3 Å². The van der Waals surface area contributed by atoms with Gasteiger partial charge in [0.25, 0.3) is 0 Å². The topological polar surface area (TPSA) is 47.1 Å². The molecule has 0 atom stereocenters. The highest BCUT2D eigenvalue weighted by molar-refractivity contribution is 6.30. The summed E-state index contributed by atoms with van der Waals surface area (Å²) in [5.41, 5.74) is 9.00. The fourth-order valence-electron chi connectivity index (χ4n) is 2.29. The lowest BCUT2D eigenvalue weighted by Crippen LogP contribution is -2.21. The number of nitrogens with zero attached hydrogens (tertiary/aromatic N) is 3. The Bertz CT molecular complexity index is 574. The molecule has 0 spiro atoms. The Balaban J connectivity index is 2.24. The first-order chi connectivity index (χ1) is 9.52. The van der Waals surface area contributed by atoms with Gasteiger partial charge in [0, 0.05) is 25.2 Å². The van der Waals surface area contributed by atoms with E-state index in [1.807, 2.05) is 42.9 Å². The van der Waals surface area contributed by atoms with Gasteiger partial charge in [-0.15, -0.1) is 0 Å². The Morgan fingerprint density at radius 3 is 2.55 bits per heavy atom. The molecule has 0 saturated heterocycles.